The summed E-state index contributed by atoms with van der Waals surface area (Å²) in [5, 5.41) is 13.1. The van der Waals surface area contributed by atoms with Crippen LogP contribution in [0.25, 0.3) is 0 Å². The molecule has 0 bridgehead atoms. The maximum Gasteiger partial charge on any atom is 0.455 e. The Morgan fingerprint density at radius 3 is 2.34 bits per heavy atom. The Labute approximate surface area is 238 Å². The van der Waals surface area contributed by atoms with Gasteiger partial charge in [0, 0.05) is 17.3 Å². The molecule has 0 amide bonds. The molecule has 0 spiro atoms. The van der Waals surface area contributed by atoms with Crippen LogP contribution in [-0.4, -0.2) is 21.7 Å². The SMILES string of the molecule is C[C@@H]1C(=O)C(C#N)=C[C@]2(C)C3=CC(=O)[C@@H]4[C@@H]5CC(C)(C)CC[C@]5(c5nc(C(F)(F)F)no5)CC[C@@]4(C)[C@]3(C)CC[C@@H]12. The van der Waals surface area contributed by atoms with Gasteiger partial charge in [0.2, 0.25) is 5.89 Å². The van der Waals surface area contributed by atoms with Crippen molar-refractivity contribution in [2.24, 2.45) is 45.3 Å². The highest BCUT2D eigenvalue weighted by Crippen LogP contribution is 2.73. The molecule has 5 aliphatic rings. The quantitative estimate of drug-likeness (QED) is 0.356. The van der Waals surface area contributed by atoms with Gasteiger partial charge in [-0.2, -0.15) is 23.4 Å². The standard InChI is InChI=1S/C32H38F3N3O3/c1-17-19-7-8-29(5)22(28(19,4)14-18(16-36)24(17)40)13-21(39)23-20-15-27(2,3)9-11-31(20,12-10-30(23,29)6)26-37-25(38-41-26)32(33,34)35/h13-14,17,19-20,23H,7-12,15H2,1-6H3/t17-,19-,20-,23-,28-,29+,30+,31-/m0/s1. The van der Waals surface area contributed by atoms with E-state index in [1.54, 1.807) is 6.08 Å². The van der Waals surface area contributed by atoms with Gasteiger partial charge in [0.15, 0.2) is 11.6 Å². The Morgan fingerprint density at radius 2 is 1.71 bits per heavy atom. The van der Waals surface area contributed by atoms with E-state index >= 15 is 0 Å². The number of fused-ring (bicyclic) bond motifs is 7. The number of alkyl halides is 3. The van der Waals surface area contributed by atoms with Crippen LogP contribution >= 0.6 is 0 Å². The van der Waals surface area contributed by atoms with Gasteiger partial charge in [-0.1, -0.05) is 58.3 Å². The number of hydrogen-bond acceptors (Lipinski definition) is 6. The van der Waals surface area contributed by atoms with Crippen LogP contribution in [0.1, 0.15) is 98.2 Å². The molecular formula is C32H38F3N3O3. The molecule has 8 atom stereocenters. The van der Waals surface area contributed by atoms with E-state index in [0.717, 1.165) is 24.8 Å². The summed E-state index contributed by atoms with van der Waals surface area (Å²) in [7, 11) is 0. The highest BCUT2D eigenvalue weighted by molar-refractivity contribution is 6.02. The molecule has 41 heavy (non-hydrogen) atoms. The number of carbonyl (C=O) groups excluding carboxylic acids is 2. The van der Waals surface area contributed by atoms with Gasteiger partial charge >= 0.3 is 6.18 Å². The average Bonchev–Trinajstić information content (AvgIpc) is 3.39. The van der Waals surface area contributed by atoms with Crippen LogP contribution in [0.2, 0.25) is 0 Å². The maximum atomic E-state index is 14.5. The van der Waals surface area contributed by atoms with Crippen molar-refractivity contribution in [2.75, 3.05) is 0 Å². The molecule has 0 N–H and O–H groups in total. The molecule has 6 rings (SSSR count). The van der Waals surface area contributed by atoms with Crippen molar-refractivity contribution in [2.45, 2.75) is 98.1 Å². The molecular weight excluding hydrogens is 531 g/mol. The minimum absolute atomic E-state index is 0.00477. The van der Waals surface area contributed by atoms with Crippen LogP contribution in [0.5, 0.6) is 0 Å². The van der Waals surface area contributed by atoms with E-state index in [4.69, 9.17) is 4.52 Å². The van der Waals surface area contributed by atoms with Crippen LogP contribution < -0.4 is 0 Å². The predicted molar refractivity (Wildman–Crippen MR) is 143 cm³/mol. The Hall–Kier alpha value is -2.76. The molecule has 9 heteroatoms. The number of ketones is 2. The van der Waals surface area contributed by atoms with E-state index in [1.807, 2.05) is 13.0 Å². The molecule has 0 saturated heterocycles. The molecule has 220 valence electrons. The second kappa shape index (κ2) is 8.41. The number of carbonyl (C=O) groups is 2. The van der Waals surface area contributed by atoms with Gasteiger partial charge in [0.1, 0.15) is 6.07 Å². The molecule has 0 aliphatic heterocycles. The summed E-state index contributed by atoms with van der Waals surface area (Å²) in [5.74, 6) is -2.40. The summed E-state index contributed by atoms with van der Waals surface area (Å²) >= 11 is 0. The lowest BCUT2D eigenvalue weighted by Gasteiger charge is -2.68. The average molecular weight is 570 g/mol. The molecule has 3 fully saturated rings. The summed E-state index contributed by atoms with van der Waals surface area (Å²) in [6.45, 7) is 12.7. The predicted octanol–water partition coefficient (Wildman–Crippen LogP) is 7.17. The van der Waals surface area contributed by atoms with Crippen LogP contribution in [0.3, 0.4) is 0 Å². The Morgan fingerprint density at radius 1 is 1.02 bits per heavy atom. The zero-order chi connectivity index (χ0) is 30.0. The fourth-order valence-corrected chi connectivity index (χ4v) is 10.2. The van der Waals surface area contributed by atoms with Gasteiger partial charge < -0.3 is 4.52 Å². The van der Waals surface area contributed by atoms with E-state index in [1.165, 1.54) is 0 Å². The Balaban J connectivity index is 1.51. The Kier molecular flexibility index (Phi) is 5.82. The highest BCUT2D eigenvalue weighted by Gasteiger charge is 2.70. The molecule has 6 nitrogen and oxygen atoms in total. The van der Waals surface area contributed by atoms with Crippen molar-refractivity contribution >= 4 is 11.6 Å². The number of nitriles is 1. The number of halogens is 3. The van der Waals surface area contributed by atoms with Crippen LogP contribution in [-0.2, 0) is 21.2 Å². The molecule has 3 saturated carbocycles. The lowest BCUT2D eigenvalue weighted by atomic mass is 9.35. The second-order valence-corrected chi connectivity index (χ2v) is 15.0. The van der Waals surface area contributed by atoms with E-state index < -0.39 is 39.6 Å². The number of rotatable bonds is 1. The van der Waals surface area contributed by atoms with E-state index in [0.29, 0.717) is 25.7 Å². The van der Waals surface area contributed by atoms with Gasteiger partial charge in [0.25, 0.3) is 5.82 Å². The van der Waals surface area contributed by atoms with Gasteiger partial charge in [-0.05, 0) is 79.1 Å². The van der Waals surface area contributed by atoms with Crippen molar-refractivity contribution in [3.8, 4) is 6.07 Å². The fraction of sp³-hybridized carbons (Fsp3) is 0.719. The molecule has 0 radical (unpaired) electrons. The van der Waals surface area contributed by atoms with Gasteiger partial charge in [-0.25, -0.2) is 0 Å². The largest absolute Gasteiger partial charge is 0.455 e. The van der Waals surface area contributed by atoms with Crippen LogP contribution in [0.4, 0.5) is 13.2 Å². The number of allylic oxidation sites excluding steroid dienone is 4. The molecule has 0 unspecified atom stereocenters. The summed E-state index contributed by atoms with van der Waals surface area (Å²) in [4.78, 5) is 31.3. The molecule has 1 heterocycles. The van der Waals surface area contributed by atoms with Crippen LogP contribution in [0.15, 0.2) is 27.8 Å². The number of hydrogen-bond donors (Lipinski definition) is 0. The first-order chi connectivity index (χ1) is 18.9. The summed E-state index contributed by atoms with van der Waals surface area (Å²) < 4.78 is 46.0. The monoisotopic (exact) mass is 569 g/mol. The van der Waals surface area contributed by atoms with Gasteiger partial charge in [0.05, 0.1) is 11.0 Å². The third kappa shape index (κ3) is 3.61. The molecule has 1 aromatic rings. The first kappa shape index (κ1) is 28.4. The van der Waals surface area contributed by atoms with Crippen molar-refractivity contribution in [1.29, 1.82) is 5.26 Å². The minimum atomic E-state index is -4.71. The van der Waals surface area contributed by atoms with Crippen molar-refractivity contribution in [3.63, 3.8) is 0 Å². The van der Waals surface area contributed by atoms with Crippen molar-refractivity contribution in [1.82, 2.24) is 10.1 Å². The van der Waals surface area contributed by atoms with Crippen molar-refractivity contribution < 1.29 is 27.3 Å². The minimum Gasteiger partial charge on any atom is -0.338 e. The lowest BCUT2D eigenvalue weighted by Crippen LogP contribution is -2.65. The highest BCUT2D eigenvalue weighted by atomic mass is 19.4. The summed E-state index contributed by atoms with van der Waals surface area (Å²) in [6, 6.07) is 2.11. The zero-order valence-electron chi connectivity index (χ0n) is 24.6. The molecule has 5 aliphatic carbocycles. The van der Waals surface area contributed by atoms with E-state index in [2.05, 4.69) is 50.8 Å². The summed E-state index contributed by atoms with van der Waals surface area (Å²) in [6.07, 6.45) is 3.73. The third-order valence-corrected chi connectivity index (χ3v) is 12.6. The number of aromatic nitrogens is 2. The van der Waals surface area contributed by atoms with E-state index in [-0.39, 0.29) is 46.2 Å². The third-order valence-electron chi connectivity index (χ3n) is 12.6. The second-order valence-electron chi connectivity index (χ2n) is 15.0. The number of Topliss-reactive ketones (excluding diaryl/α,β-unsaturated/α-hetero) is 1. The fourth-order valence-electron chi connectivity index (χ4n) is 10.2. The van der Waals surface area contributed by atoms with Crippen molar-refractivity contribution in [3.05, 3.63) is 35.0 Å². The summed E-state index contributed by atoms with van der Waals surface area (Å²) in [5.41, 5.74) is -1.21. The first-order valence-corrected chi connectivity index (χ1v) is 14.8. The smallest absolute Gasteiger partial charge is 0.338 e. The van der Waals surface area contributed by atoms with Gasteiger partial charge in [-0.15, -0.1) is 0 Å². The first-order valence-electron chi connectivity index (χ1n) is 14.8. The number of nitrogens with zero attached hydrogens (tertiary/aromatic N) is 3. The normalized spacial score (nSPS) is 43.5. The molecule has 1 aromatic heterocycles. The van der Waals surface area contributed by atoms with Gasteiger partial charge in [-0.3, -0.25) is 9.59 Å². The topological polar surface area (TPSA) is 96.8 Å². The molecule has 0 aromatic carbocycles. The Bertz CT molecular complexity index is 1450. The van der Waals surface area contributed by atoms with E-state index in [9.17, 15) is 28.0 Å². The van der Waals surface area contributed by atoms with Crippen LogP contribution in [0, 0.1) is 56.7 Å². The maximum absolute atomic E-state index is 14.5. The zero-order valence-corrected chi connectivity index (χ0v) is 24.6. The lowest BCUT2D eigenvalue weighted by molar-refractivity contribution is -0.160.